The fourth-order valence-electron chi connectivity index (χ4n) is 2.06. The first kappa shape index (κ1) is 15.7. The summed E-state index contributed by atoms with van der Waals surface area (Å²) in [4.78, 5) is 0.653. The largest absolute Gasteiger partial charge is 0.387 e. The minimum atomic E-state index is -0.867. The minimum Gasteiger partial charge on any atom is -0.387 e. The molecule has 3 N–H and O–H groups in total. The second-order valence-corrected chi connectivity index (χ2v) is 6.25. The molecular formula is C14H14Cl2FNOS. The Kier molecular flexibility index (Phi) is 5.04. The van der Waals surface area contributed by atoms with E-state index >= 15 is 0 Å². The molecule has 0 radical (unpaired) electrons. The van der Waals surface area contributed by atoms with Crippen LogP contribution < -0.4 is 5.73 Å². The van der Waals surface area contributed by atoms with Crippen molar-refractivity contribution in [2.75, 3.05) is 6.54 Å². The Morgan fingerprint density at radius 1 is 1.40 bits per heavy atom. The Hall–Kier alpha value is -0.650. The summed E-state index contributed by atoms with van der Waals surface area (Å²) in [6.07, 6.45) is -0.867. The van der Waals surface area contributed by atoms with Crippen LogP contribution in [0.25, 0.3) is 0 Å². The van der Waals surface area contributed by atoms with Crippen LogP contribution in [-0.4, -0.2) is 11.7 Å². The molecule has 20 heavy (non-hydrogen) atoms. The second kappa shape index (κ2) is 6.41. The molecule has 2 nitrogen and oxygen atoms in total. The standard InChI is InChI=1S/C14H14Cl2FNOS/c1-7-6-20-14(12(7)16)13(19)10(5-18)9-3-2-8(17)4-11(9)15/h2-4,6,10,13,19H,5,18H2,1H3. The molecule has 2 aromatic rings. The summed E-state index contributed by atoms with van der Waals surface area (Å²) < 4.78 is 13.1. The highest BCUT2D eigenvalue weighted by Gasteiger charge is 2.27. The maximum absolute atomic E-state index is 13.1. The summed E-state index contributed by atoms with van der Waals surface area (Å²) in [5.74, 6) is -0.854. The first-order valence-corrected chi connectivity index (χ1v) is 7.65. The van der Waals surface area contributed by atoms with Gasteiger partial charge >= 0.3 is 0 Å². The lowest BCUT2D eigenvalue weighted by molar-refractivity contribution is 0.151. The van der Waals surface area contributed by atoms with Crippen molar-refractivity contribution in [2.45, 2.75) is 18.9 Å². The van der Waals surface area contributed by atoms with Gasteiger partial charge in [0.15, 0.2) is 0 Å². The van der Waals surface area contributed by atoms with E-state index in [2.05, 4.69) is 0 Å². The molecule has 2 atom stereocenters. The second-order valence-electron chi connectivity index (χ2n) is 4.55. The molecule has 0 aliphatic carbocycles. The van der Waals surface area contributed by atoms with Gasteiger partial charge in [0.2, 0.25) is 0 Å². The molecule has 1 aromatic heterocycles. The van der Waals surface area contributed by atoms with E-state index in [1.165, 1.54) is 23.5 Å². The van der Waals surface area contributed by atoms with Crippen LogP contribution in [0.5, 0.6) is 0 Å². The van der Waals surface area contributed by atoms with Crippen molar-refractivity contribution in [3.05, 3.63) is 55.4 Å². The monoisotopic (exact) mass is 333 g/mol. The van der Waals surface area contributed by atoms with Gasteiger partial charge in [-0.25, -0.2) is 4.39 Å². The summed E-state index contributed by atoms with van der Waals surface area (Å²) >= 11 is 13.6. The van der Waals surface area contributed by atoms with Crippen molar-refractivity contribution in [3.63, 3.8) is 0 Å². The highest BCUT2D eigenvalue weighted by molar-refractivity contribution is 7.10. The molecule has 0 saturated heterocycles. The van der Waals surface area contributed by atoms with Crippen molar-refractivity contribution in [2.24, 2.45) is 5.73 Å². The van der Waals surface area contributed by atoms with E-state index in [4.69, 9.17) is 28.9 Å². The number of aryl methyl sites for hydroxylation is 1. The van der Waals surface area contributed by atoms with E-state index in [9.17, 15) is 9.50 Å². The van der Waals surface area contributed by atoms with Crippen molar-refractivity contribution in [1.82, 2.24) is 0 Å². The molecule has 1 heterocycles. The highest BCUT2D eigenvalue weighted by atomic mass is 35.5. The van der Waals surface area contributed by atoms with Crippen LogP contribution >= 0.6 is 34.5 Å². The summed E-state index contributed by atoms with van der Waals surface area (Å²) in [6.45, 7) is 2.05. The molecule has 0 aliphatic heterocycles. The van der Waals surface area contributed by atoms with E-state index in [0.29, 0.717) is 15.5 Å². The molecule has 0 bridgehead atoms. The summed E-state index contributed by atoms with van der Waals surface area (Å²) in [5, 5.41) is 13.2. The Morgan fingerprint density at radius 2 is 2.10 bits per heavy atom. The van der Waals surface area contributed by atoms with Gasteiger partial charge in [-0.3, -0.25) is 0 Å². The third-order valence-electron chi connectivity index (χ3n) is 3.19. The van der Waals surface area contributed by atoms with Gasteiger partial charge in [-0.15, -0.1) is 11.3 Å². The van der Waals surface area contributed by atoms with Gasteiger partial charge in [-0.05, 0) is 35.6 Å². The maximum Gasteiger partial charge on any atom is 0.124 e. The molecule has 0 aliphatic rings. The molecule has 0 saturated carbocycles. The lowest BCUT2D eigenvalue weighted by Gasteiger charge is -2.22. The minimum absolute atomic E-state index is 0.180. The fraction of sp³-hybridized carbons (Fsp3) is 0.286. The van der Waals surface area contributed by atoms with Crippen LogP contribution in [-0.2, 0) is 0 Å². The van der Waals surface area contributed by atoms with Gasteiger partial charge < -0.3 is 10.8 Å². The molecule has 0 fully saturated rings. The Balaban J connectivity index is 2.39. The first-order valence-electron chi connectivity index (χ1n) is 6.02. The molecule has 0 amide bonds. The predicted molar refractivity (Wildman–Crippen MR) is 82.2 cm³/mol. The SMILES string of the molecule is Cc1csc(C(O)C(CN)c2ccc(F)cc2Cl)c1Cl. The van der Waals surface area contributed by atoms with Crippen LogP contribution in [0.3, 0.4) is 0 Å². The number of halogens is 3. The molecule has 2 unspecified atom stereocenters. The molecule has 108 valence electrons. The Morgan fingerprint density at radius 3 is 2.60 bits per heavy atom. The maximum atomic E-state index is 13.1. The molecule has 0 spiro atoms. The zero-order chi connectivity index (χ0) is 14.9. The third-order valence-corrected chi connectivity index (χ3v) is 5.30. The molecule has 1 aromatic carbocycles. The molecular weight excluding hydrogens is 320 g/mol. The van der Waals surface area contributed by atoms with Gasteiger partial charge in [0, 0.05) is 17.5 Å². The summed E-state index contributed by atoms with van der Waals surface area (Å²) in [7, 11) is 0. The van der Waals surface area contributed by atoms with Crippen molar-refractivity contribution in [1.29, 1.82) is 0 Å². The highest BCUT2D eigenvalue weighted by Crippen LogP contribution is 2.40. The quantitative estimate of drug-likeness (QED) is 0.877. The van der Waals surface area contributed by atoms with Crippen LogP contribution in [0.2, 0.25) is 10.0 Å². The smallest absolute Gasteiger partial charge is 0.124 e. The average Bonchev–Trinajstić information content (AvgIpc) is 2.73. The normalized spacial score (nSPS) is 14.3. The number of aliphatic hydroxyl groups is 1. The first-order chi connectivity index (χ1) is 9.45. The lowest BCUT2D eigenvalue weighted by Crippen LogP contribution is -2.20. The number of aliphatic hydroxyl groups excluding tert-OH is 1. The number of nitrogens with two attached hydrogens (primary N) is 1. The van der Waals surface area contributed by atoms with Crippen LogP contribution in [0.1, 0.15) is 28.0 Å². The van der Waals surface area contributed by atoms with Crippen LogP contribution in [0.15, 0.2) is 23.6 Å². The van der Waals surface area contributed by atoms with Crippen molar-refractivity contribution < 1.29 is 9.50 Å². The van der Waals surface area contributed by atoms with Gasteiger partial charge in [0.1, 0.15) is 5.82 Å². The number of thiophene rings is 1. The van der Waals surface area contributed by atoms with E-state index in [1.807, 2.05) is 12.3 Å². The predicted octanol–water partition coefficient (Wildman–Crippen LogP) is 4.28. The van der Waals surface area contributed by atoms with Crippen LogP contribution in [0.4, 0.5) is 4.39 Å². The number of benzene rings is 1. The summed E-state index contributed by atoms with van der Waals surface area (Å²) in [5.41, 5.74) is 7.28. The Bertz CT molecular complexity index is 617. The third kappa shape index (κ3) is 3.00. The van der Waals surface area contributed by atoms with Gasteiger partial charge in [0.25, 0.3) is 0 Å². The van der Waals surface area contributed by atoms with E-state index in [0.717, 1.165) is 5.56 Å². The van der Waals surface area contributed by atoms with Crippen molar-refractivity contribution >= 4 is 34.5 Å². The topological polar surface area (TPSA) is 46.2 Å². The fourth-order valence-corrected chi connectivity index (χ4v) is 3.72. The van der Waals surface area contributed by atoms with E-state index in [1.54, 1.807) is 6.07 Å². The van der Waals surface area contributed by atoms with Gasteiger partial charge in [-0.2, -0.15) is 0 Å². The van der Waals surface area contributed by atoms with Gasteiger partial charge in [-0.1, -0.05) is 29.3 Å². The average molecular weight is 334 g/mol. The van der Waals surface area contributed by atoms with E-state index < -0.39 is 17.8 Å². The number of hydrogen-bond donors (Lipinski definition) is 2. The van der Waals surface area contributed by atoms with E-state index in [-0.39, 0.29) is 11.6 Å². The number of hydrogen-bond acceptors (Lipinski definition) is 3. The number of rotatable bonds is 4. The Labute approximate surface area is 130 Å². The molecule has 2 rings (SSSR count). The zero-order valence-corrected chi connectivity index (χ0v) is 13.1. The zero-order valence-electron chi connectivity index (χ0n) is 10.7. The van der Waals surface area contributed by atoms with Crippen molar-refractivity contribution in [3.8, 4) is 0 Å². The lowest BCUT2D eigenvalue weighted by atomic mass is 9.92. The molecule has 6 heteroatoms. The summed E-state index contributed by atoms with van der Waals surface area (Å²) in [6, 6.07) is 4.07. The van der Waals surface area contributed by atoms with Gasteiger partial charge in [0.05, 0.1) is 16.0 Å². The van der Waals surface area contributed by atoms with Crippen LogP contribution in [0, 0.1) is 12.7 Å².